The second kappa shape index (κ2) is 7.91. The van der Waals surface area contributed by atoms with E-state index in [9.17, 15) is 13.2 Å². The van der Waals surface area contributed by atoms with Crippen molar-refractivity contribution in [2.75, 3.05) is 11.0 Å². The first-order valence-electron chi connectivity index (χ1n) is 8.57. The molecule has 0 aliphatic heterocycles. The van der Waals surface area contributed by atoms with E-state index in [2.05, 4.69) is 16.1 Å². The lowest BCUT2D eigenvalue weighted by Gasteiger charge is -2.20. The molecule has 0 heterocycles. The summed E-state index contributed by atoms with van der Waals surface area (Å²) in [4.78, 5) is 12.7. The van der Waals surface area contributed by atoms with Crippen molar-refractivity contribution < 1.29 is 13.2 Å². The molecule has 0 saturated carbocycles. The Bertz CT molecular complexity index is 921. The van der Waals surface area contributed by atoms with Gasteiger partial charge in [-0.3, -0.25) is 9.52 Å². The molecule has 0 aliphatic carbocycles. The number of rotatable bonds is 6. The Kier molecular flexibility index (Phi) is 6.08. The maximum Gasteiger partial charge on any atom is 0.251 e. The van der Waals surface area contributed by atoms with Gasteiger partial charge in [0.2, 0.25) is 10.0 Å². The number of hydrogen-bond acceptors (Lipinski definition) is 3. The summed E-state index contributed by atoms with van der Waals surface area (Å²) in [7, 11) is -3.40. The largest absolute Gasteiger partial charge is 0.345 e. The molecule has 0 fully saturated rings. The summed E-state index contributed by atoms with van der Waals surface area (Å²) in [6.07, 6.45) is 1.85. The molecular formula is C20H26N2O3S. The lowest BCUT2D eigenvalue weighted by molar-refractivity contribution is 0.0935. The van der Waals surface area contributed by atoms with Crippen LogP contribution in [0.15, 0.2) is 36.4 Å². The molecule has 2 aromatic rings. The second-order valence-corrected chi connectivity index (χ2v) is 8.45. The highest BCUT2D eigenvalue weighted by Gasteiger charge is 2.17. The number of carbonyl (C=O) groups is 1. The number of nitrogens with one attached hydrogen (secondary N) is 2. The first kappa shape index (κ1) is 20.0. The van der Waals surface area contributed by atoms with Crippen LogP contribution in [-0.2, 0) is 10.0 Å². The number of sulfonamides is 1. The fraction of sp³-hybridized carbons (Fsp3) is 0.350. The van der Waals surface area contributed by atoms with Gasteiger partial charge in [-0.1, -0.05) is 36.8 Å². The van der Waals surface area contributed by atoms with Crippen molar-refractivity contribution >= 4 is 21.6 Å². The number of benzene rings is 2. The van der Waals surface area contributed by atoms with E-state index in [0.717, 1.165) is 29.4 Å². The summed E-state index contributed by atoms with van der Waals surface area (Å²) < 4.78 is 25.4. The Morgan fingerprint density at radius 2 is 1.73 bits per heavy atom. The Labute approximate surface area is 155 Å². The van der Waals surface area contributed by atoms with Gasteiger partial charge in [0, 0.05) is 5.56 Å². The molecule has 0 spiro atoms. The van der Waals surface area contributed by atoms with Crippen molar-refractivity contribution in [2.45, 2.75) is 40.2 Å². The highest BCUT2D eigenvalue weighted by atomic mass is 32.2. The van der Waals surface area contributed by atoms with Gasteiger partial charge in [-0.05, 0) is 56.0 Å². The minimum absolute atomic E-state index is 0.101. The van der Waals surface area contributed by atoms with Crippen LogP contribution in [0, 0.1) is 20.8 Å². The number of carbonyl (C=O) groups excluding carboxylic acids is 1. The average molecular weight is 375 g/mol. The fourth-order valence-corrected chi connectivity index (χ4v) is 3.55. The van der Waals surface area contributed by atoms with E-state index in [0.29, 0.717) is 11.3 Å². The molecule has 2 rings (SSSR count). The van der Waals surface area contributed by atoms with Crippen molar-refractivity contribution in [2.24, 2.45) is 0 Å². The zero-order valence-corrected chi connectivity index (χ0v) is 16.7. The zero-order chi connectivity index (χ0) is 19.5. The summed E-state index contributed by atoms with van der Waals surface area (Å²) in [6, 6.07) is 11.1. The van der Waals surface area contributed by atoms with Crippen LogP contribution in [0.5, 0.6) is 0 Å². The molecule has 1 amide bonds. The molecular weight excluding hydrogens is 348 g/mol. The number of hydrogen-bond donors (Lipinski definition) is 2. The minimum atomic E-state index is -3.40. The van der Waals surface area contributed by atoms with Gasteiger partial charge in [-0.2, -0.15) is 0 Å². The summed E-state index contributed by atoms with van der Waals surface area (Å²) in [6.45, 7) is 7.89. The number of aryl methyl sites for hydroxylation is 3. The molecule has 0 aliphatic rings. The molecule has 0 radical (unpaired) electrons. The molecule has 5 nitrogen and oxygen atoms in total. The number of anilines is 1. The molecule has 0 unspecified atom stereocenters. The van der Waals surface area contributed by atoms with Crippen molar-refractivity contribution in [1.82, 2.24) is 5.32 Å². The van der Waals surface area contributed by atoms with Crippen LogP contribution in [-0.4, -0.2) is 20.6 Å². The first-order chi connectivity index (χ1) is 12.1. The third-order valence-electron chi connectivity index (χ3n) is 4.31. The van der Waals surface area contributed by atoms with Crippen LogP contribution in [0.25, 0.3) is 0 Å². The van der Waals surface area contributed by atoms with E-state index >= 15 is 0 Å². The lowest BCUT2D eigenvalue weighted by Crippen LogP contribution is -2.28. The predicted molar refractivity (Wildman–Crippen MR) is 106 cm³/mol. The Balaban J connectivity index is 2.26. The maximum absolute atomic E-state index is 12.7. The molecule has 0 saturated heterocycles. The molecule has 140 valence electrons. The molecule has 1 atom stereocenters. The Hall–Kier alpha value is -2.34. The van der Waals surface area contributed by atoms with E-state index < -0.39 is 10.0 Å². The van der Waals surface area contributed by atoms with Gasteiger partial charge < -0.3 is 5.32 Å². The standard InChI is InChI=1S/C20H26N2O3S/c1-6-18(17-10-7-13(2)11-15(17)4)21-20(23)16-9-8-14(3)19(12-16)22-26(5,24)25/h7-12,18,22H,6H2,1-5H3,(H,21,23)/t18-/m0/s1. The van der Waals surface area contributed by atoms with E-state index in [4.69, 9.17) is 0 Å². The highest BCUT2D eigenvalue weighted by molar-refractivity contribution is 7.92. The lowest BCUT2D eigenvalue weighted by atomic mass is 9.97. The van der Waals surface area contributed by atoms with E-state index in [-0.39, 0.29) is 11.9 Å². The highest BCUT2D eigenvalue weighted by Crippen LogP contribution is 2.23. The Morgan fingerprint density at radius 1 is 1.04 bits per heavy atom. The van der Waals surface area contributed by atoms with Gasteiger partial charge in [0.15, 0.2) is 0 Å². The summed E-state index contributed by atoms with van der Waals surface area (Å²) >= 11 is 0. The average Bonchev–Trinajstić information content (AvgIpc) is 2.53. The third-order valence-corrected chi connectivity index (χ3v) is 4.90. The van der Waals surface area contributed by atoms with Crippen molar-refractivity contribution in [3.63, 3.8) is 0 Å². The SMILES string of the molecule is CC[C@H](NC(=O)c1ccc(C)c(NS(C)(=O)=O)c1)c1ccc(C)cc1C. The van der Waals surface area contributed by atoms with Crippen LogP contribution >= 0.6 is 0 Å². The molecule has 0 aromatic heterocycles. The van der Waals surface area contributed by atoms with Gasteiger partial charge in [0.1, 0.15) is 0 Å². The van der Waals surface area contributed by atoms with Gasteiger partial charge in [0.25, 0.3) is 5.91 Å². The monoisotopic (exact) mass is 374 g/mol. The zero-order valence-electron chi connectivity index (χ0n) is 15.9. The van der Waals surface area contributed by atoms with Crippen molar-refractivity contribution in [3.8, 4) is 0 Å². The Morgan fingerprint density at radius 3 is 2.31 bits per heavy atom. The van der Waals surface area contributed by atoms with Gasteiger partial charge in [-0.15, -0.1) is 0 Å². The van der Waals surface area contributed by atoms with Crippen LogP contribution in [0.2, 0.25) is 0 Å². The summed E-state index contributed by atoms with van der Waals surface area (Å²) in [5.41, 5.74) is 5.01. The topological polar surface area (TPSA) is 75.3 Å². The van der Waals surface area contributed by atoms with Gasteiger partial charge in [0.05, 0.1) is 18.0 Å². The van der Waals surface area contributed by atoms with Crippen molar-refractivity contribution in [1.29, 1.82) is 0 Å². The predicted octanol–water partition coefficient (Wildman–Crippen LogP) is 3.86. The molecule has 26 heavy (non-hydrogen) atoms. The van der Waals surface area contributed by atoms with E-state index in [1.165, 1.54) is 5.56 Å². The van der Waals surface area contributed by atoms with Crippen LogP contribution in [0.4, 0.5) is 5.69 Å². The van der Waals surface area contributed by atoms with Crippen LogP contribution in [0.3, 0.4) is 0 Å². The normalized spacial score (nSPS) is 12.5. The molecule has 2 aromatic carbocycles. The first-order valence-corrected chi connectivity index (χ1v) is 10.5. The smallest absolute Gasteiger partial charge is 0.251 e. The molecule has 0 bridgehead atoms. The quantitative estimate of drug-likeness (QED) is 0.806. The van der Waals surface area contributed by atoms with Crippen LogP contribution in [0.1, 0.15) is 52.0 Å². The molecule has 6 heteroatoms. The number of amides is 1. The fourth-order valence-electron chi connectivity index (χ4n) is 2.93. The summed E-state index contributed by atoms with van der Waals surface area (Å²) in [5.74, 6) is -0.228. The third kappa shape index (κ3) is 5.08. The van der Waals surface area contributed by atoms with E-state index in [1.807, 2.05) is 32.9 Å². The van der Waals surface area contributed by atoms with Crippen molar-refractivity contribution in [3.05, 3.63) is 64.2 Å². The maximum atomic E-state index is 12.7. The second-order valence-electron chi connectivity index (χ2n) is 6.70. The minimum Gasteiger partial charge on any atom is -0.345 e. The van der Waals surface area contributed by atoms with Gasteiger partial charge in [-0.25, -0.2) is 8.42 Å². The molecule has 2 N–H and O–H groups in total. The van der Waals surface area contributed by atoms with Gasteiger partial charge >= 0.3 is 0 Å². The van der Waals surface area contributed by atoms with E-state index in [1.54, 1.807) is 25.1 Å². The summed E-state index contributed by atoms with van der Waals surface area (Å²) in [5, 5.41) is 3.05. The van der Waals surface area contributed by atoms with Crippen LogP contribution < -0.4 is 10.0 Å².